The predicted molar refractivity (Wildman–Crippen MR) is 136 cm³/mol. The first-order valence-corrected chi connectivity index (χ1v) is 13.6. The molecule has 0 bridgehead atoms. The van der Waals surface area contributed by atoms with E-state index >= 15 is 0 Å². The molecule has 3 aromatic rings. The van der Waals surface area contributed by atoms with E-state index in [0.29, 0.717) is 32.1 Å². The van der Waals surface area contributed by atoms with Gasteiger partial charge in [0.2, 0.25) is 10.0 Å². The van der Waals surface area contributed by atoms with Crippen molar-refractivity contribution in [3.63, 3.8) is 0 Å². The lowest BCUT2D eigenvalue weighted by atomic mass is 9.80. The Labute approximate surface area is 201 Å². The molecule has 2 aliphatic rings. The van der Waals surface area contributed by atoms with E-state index in [0.717, 1.165) is 51.7 Å². The number of piperazine rings is 1. The minimum atomic E-state index is -3.26. The maximum atomic E-state index is 13.9. The van der Waals surface area contributed by atoms with E-state index in [1.165, 1.54) is 10.6 Å². The highest BCUT2D eigenvalue weighted by atomic mass is 32.2. The Morgan fingerprint density at radius 3 is 2.35 bits per heavy atom. The van der Waals surface area contributed by atoms with E-state index in [9.17, 15) is 13.2 Å². The van der Waals surface area contributed by atoms with Gasteiger partial charge in [0.15, 0.2) is 0 Å². The van der Waals surface area contributed by atoms with Crippen molar-refractivity contribution in [3.8, 4) is 0 Å². The number of nitrogens with zero attached hydrogens (tertiary/aromatic N) is 3. The Balaban J connectivity index is 1.61. The number of rotatable bonds is 3. The molecule has 1 aromatic heterocycles. The minimum Gasteiger partial charge on any atom is -0.336 e. The number of carbonyl (C=O) groups is 1. The number of carbonyl (C=O) groups excluding carboxylic acids is 1. The van der Waals surface area contributed by atoms with Crippen molar-refractivity contribution in [2.75, 3.05) is 32.4 Å². The summed E-state index contributed by atoms with van der Waals surface area (Å²) in [5.74, 6) is 0.357. The molecule has 176 valence electrons. The summed E-state index contributed by atoms with van der Waals surface area (Å²) in [4.78, 5) is 20.8. The fraction of sp³-hybridized carbons (Fsp3) is 0.333. The number of hydrogen-bond acceptors (Lipinski definition) is 4. The predicted octanol–water partition coefficient (Wildman–Crippen LogP) is 4.08. The average molecular weight is 476 g/mol. The molecule has 1 unspecified atom stereocenters. The Morgan fingerprint density at radius 2 is 1.65 bits per heavy atom. The molecule has 1 atom stereocenters. The van der Waals surface area contributed by atoms with Crippen molar-refractivity contribution in [2.24, 2.45) is 5.92 Å². The second-order valence-corrected chi connectivity index (χ2v) is 11.4. The van der Waals surface area contributed by atoms with Crippen LogP contribution in [0.2, 0.25) is 0 Å². The van der Waals surface area contributed by atoms with Gasteiger partial charge in [0.25, 0.3) is 5.91 Å². The van der Waals surface area contributed by atoms with Crippen LogP contribution in [0.25, 0.3) is 22.6 Å². The van der Waals surface area contributed by atoms with Crippen LogP contribution in [0.5, 0.6) is 0 Å². The normalized spacial score (nSPS) is 20.5. The van der Waals surface area contributed by atoms with Gasteiger partial charge in [-0.1, -0.05) is 55.5 Å². The molecule has 5 rings (SSSR count). The topological polar surface area (TPSA) is 70.6 Å². The summed E-state index contributed by atoms with van der Waals surface area (Å²) in [6, 6.07) is 18.1. The Kier molecular flexibility index (Phi) is 6.00. The molecule has 1 aliphatic carbocycles. The molecule has 1 aliphatic heterocycles. The van der Waals surface area contributed by atoms with Crippen molar-refractivity contribution in [2.45, 2.75) is 19.8 Å². The quantitative estimate of drug-likeness (QED) is 0.573. The van der Waals surface area contributed by atoms with Crippen LogP contribution in [0.1, 0.15) is 40.5 Å². The molecular formula is C27H29N3O3S. The van der Waals surface area contributed by atoms with Gasteiger partial charge < -0.3 is 4.90 Å². The molecule has 2 aromatic carbocycles. The van der Waals surface area contributed by atoms with E-state index in [2.05, 4.69) is 25.1 Å². The van der Waals surface area contributed by atoms with Gasteiger partial charge in [-0.2, -0.15) is 4.31 Å². The van der Waals surface area contributed by atoms with E-state index in [-0.39, 0.29) is 5.91 Å². The SMILES string of the molecule is CC1C/C(=C\c2ccccc2)c2nc3ccccc3c(C(=O)N3CCN(S(C)(=O)=O)CC3)c2C1. The van der Waals surface area contributed by atoms with Crippen LogP contribution in [0.15, 0.2) is 54.6 Å². The fourth-order valence-electron chi connectivity index (χ4n) is 5.11. The lowest BCUT2D eigenvalue weighted by molar-refractivity contribution is 0.0698. The molecule has 0 N–H and O–H groups in total. The first-order chi connectivity index (χ1) is 16.3. The number of pyridine rings is 1. The van der Waals surface area contributed by atoms with Gasteiger partial charge in [0.05, 0.1) is 23.0 Å². The van der Waals surface area contributed by atoms with Crippen LogP contribution in [-0.2, 0) is 16.4 Å². The summed E-state index contributed by atoms with van der Waals surface area (Å²) in [5, 5.41) is 0.866. The lowest BCUT2D eigenvalue weighted by Gasteiger charge is -2.35. The molecule has 1 fully saturated rings. The third-order valence-corrected chi connectivity index (χ3v) is 8.07. The van der Waals surface area contributed by atoms with Crippen LogP contribution in [-0.4, -0.2) is 60.9 Å². The summed E-state index contributed by atoms with van der Waals surface area (Å²) in [6.07, 6.45) is 5.12. The first-order valence-electron chi connectivity index (χ1n) is 11.7. The number of allylic oxidation sites excluding steroid dienone is 1. The van der Waals surface area contributed by atoms with Crippen LogP contribution >= 0.6 is 0 Å². The van der Waals surface area contributed by atoms with Gasteiger partial charge in [-0.3, -0.25) is 4.79 Å². The largest absolute Gasteiger partial charge is 0.336 e. The first kappa shape index (κ1) is 22.7. The van der Waals surface area contributed by atoms with Gasteiger partial charge in [0, 0.05) is 31.6 Å². The lowest BCUT2D eigenvalue weighted by Crippen LogP contribution is -2.50. The third-order valence-electron chi connectivity index (χ3n) is 6.77. The third kappa shape index (κ3) is 4.38. The van der Waals surface area contributed by atoms with Gasteiger partial charge in [-0.25, -0.2) is 13.4 Å². The Morgan fingerprint density at radius 1 is 0.971 bits per heavy atom. The van der Waals surface area contributed by atoms with E-state index in [1.807, 2.05) is 42.5 Å². The number of sulfonamides is 1. The summed E-state index contributed by atoms with van der Waals surface area (Å²) in [7, 11) is -3.26. The maximum absolute atomic E-state index is 13.9. The second kappa shape index (κ2) is 8.96. The van der Waals surface area contributed by atoms with Gasteiger partial charge >= 0.3 is 0 Å². The van der Waals surface area contributed by atoms with Gasteiger partial charge in [-0.15, -0.1) is 0 Å². The van der Waals surface area contributed by atoms with E-state index in [1.54, 1.807) is 4.90 Å². The van der Waals surface area contributed by atoms with Crippen LogP contribution < -0.4 is 0 Å². The van der Waals surface area contributed by atoms with Crippen LogP contribution in [0.4, 0.5) is 0 Å². The Bertz CT molecular complexity index is 1380. The van der Waals surface area contributed by atoms with Gasteiger partial charge in [-0.05, 0) is 47.6 Å². The smallest absolute Gasteiger partial charge is 0.254 e. The molecule has 1 amide bonds. The van der Waals surface area contributed by atoms with Crippen molar-refractivity contribution < 1.29 is 13.2 Å². The number of para-hydroxylation sites is 1. The zero-order chi connectivity index (χ0) is 23.9. The summed E-state index contributed by atoms with van der Waals surface area (Å²) < 4.78 is 25.3. The second-order valence-electron chi connectivity index (χ2n) is 9.38. The average Bonchev–Trinajstić information content (AvgIpc) is 2.82. The molecule has 34 heavy (non-hydrogen) atoms. The van der Waals surface area contributed by atoms with Crippen molar-refractivity contribution in [1.82, 2.24) is 14.2 Å². The molecule has 6 nitrogen and oxygen atoms in total. The zero-order valence-electron chi connectivity index (χ0n) is 19.6. The molecule has 7 heteroatoms. The maximum Gasteiger partial charge on any atom is 0.254 e. The molecular weight excluding hydrogens is 446 g/mol. The van der Waals surface area contributed by atoms with Crippen LogP contribution in [0, 0.1) is 5.92 Å². The van der Waals surface area contributed by atoms with Crippen molar-refractivity contribution >= 4 is 38.5 Å². The van der Waals surface area contributed by atoms with E-state index in [4.69, 9.17) is 4.98 Å². The number of hydrogen-bond donors (Lipinski definition) is 0. The summed E-state index contributed by atoms with van der Waals surface area (Å²) >= 11 is 0. The highest BCUT2D eigenvalue weighted by molar-refractivity contribution is 7.88. The fourth-order valence-corrected chi connectivity index (χ4v) is 5.94. The van der Waals surface area contributed by atoms with Crippen molar-refractivity contribution in [3.05, 3.63) is 77.0 Å². The molecule has 2 heterocycles. The molecule has 0 radical (unpaired) electrons. The van der Waals surface area contributed by atoms with Gasteiger partial charge in [0.1, 0.15) is 0 Å². The number of amides is 1. The standard InChI is InChI=1S/C27H29N3O3S/c1-19-16-21(18-20-8-4-3-5-9-20)26-23(17-19)25(22-10-6-7-11-24(22)28-26)27(31)29-12-14-30(15-13-29)34(2,32)33/h3-11,18-19H,12-17H2,1-2H3/b21-18+. The highest BCUT2D eigenvalue weighted by Crippen LogP contribution is 2.39. The molecule has 0 spiro atoms. The molecule has 1 saturated heterocycles. The monoisotopic (exact) mass is 475 g/mol. The van der Waals surface area contributed by atoms with E-state index < -0.39 is 10.0 Å². The number of benzene rings is 2. The Hall–Kier alpha value is -3.03. The number of aromatic nitrogens is 1. The molecule has 0 saturated carbocycles. The van der Waals surface area contributed by atoms with Crippen LogP contribution in [0.3, 0.4) is 0 Å². The summed E-state index contributed by atoms with van der Waals surface area (Å²) in [6.45, 7) is 3.64. The number of fused-ring (bicyclic) bond motifs is 2. The highest BCUT2D eigenvalue weighted by Gasteiger charge is 2.32. The van der Waals surface area contributed by atoms with Crippen molar-refractivity contribution in [1.29, 1.82) is 0 Å². The zero-order valence-corrected chi connectivity index (χ0v) is 20.4. The summed E-state index contributed by atoms with van der Waals surface area (Å²) in [5.41, 5.74) is 5.74. The minimum absolute atomic E-state index is 0.0313.